The third kappa shape index (κ3) is 2.25. The van der Waals surface area contributed by atoms with Gasteiger partial charge in [0.05, 0.1) is 11.9 Å². The Morgan fingerprint density at radius 2 is 2.12 bits per heavy atom. The topological polar surface area (TPSA) is 33.1 Å². The zero-order chi connectivity index (χ0) is 11.5. The number of aromatic nitrogens is 1. The molecule has 2 rings (SSSR count). The van der Waals surface area contributed by atoms with E-state index in [0.29, 0.717) is 11.3 Å². The van der Waals surface area contributed by atoms with Crippen molar-refractivity contribution in [3.63, 3.8) is 0 Å². The lowest BCUT2D eigenvalue weighted by molar-refractivity contribution is 0.215. The van der Waals surface area contributed by atoms with Crippen LogP contribution in [0.1, 0.15) is 22.9 Å². The summed E-state index contributed by atoms with van der Waals surface area (Å²) in [7, 11) is 0. The lowest BCUT2D eigenvalue weighted by atomic mass is 10.0. The predicted octanol–water partition coefficient (Wildman–Crippen LogP) is 2.41. The fraction of sp³-hybridized carbons (Fsp3) is 0.154. The van der Waals surface area contributed by atoms with Crippen LogP contribution < -0.4 is 0 Å². The molecule has 1 atom stereocenters. The van der Waals surface area contributed by atoms with Crippen molar-refractivity contribution in [3.8, 4) is 0 Å². The second-order valence-corrected chi connectivity index (χ2v) is 3.59. The molecule has 1 N–H and O–H groups in total. The molecule has 1 radical (unpaired) electrons. The van der Waals surface area contributed by atoms with Crippen LogP contribution in [0.3, 0.4) is 0 Å². The first-order chi connectivity index (χ1) is 7.66. The van der Waals surface area contributed by atoms with Gasteiger partial charge in [0.15, 0.2) is 0 Å². The molecule has 3 heteroatoms. The number of pyridine rings is 1. The highest BCUT2D eigenvalue weighted by Gasteiger charge is 2.11. The van der Waals surface area contributed by atoms with Gasteiger partial charge in [-0.25, -0.2) is 4.39 Å². The second-order valence-electron chi connectivity index (χ2n) is 3.59. The highest BCUT2D eigenvalue weighted by Crippen LogP contribution is 2.20. The Labute approximate surface area is 93.4 Å². The van der Waals surface area contributed by atoms with Crippen LogP contribution in [0, 0.1) is 18.8 Å². The van der Waals surface area contributed by atoms with Crippen molar-refractivity contribution in [2.45, 2.75) is 13.0 Å². The summed E-state index contributed by atoms with van der Waals surface area (Å²) in [4.78, 5) is 3.84. The van der Waals surface area contributed by atoms with Crippen molar-refractivity contribution >= 4 is 0 Å². The molecule has 81 valence electrons. The molecular weight excluding hydrogens is 205 g/mol. The van der Waals surface area contributed by atoms with Crippen LogP contribution in [-0.2, 0) is 0 Å². The van der Waals surface area contributed by atoms with Crippen LogP contribution in [-0.4, -0.2) is 10.1 Å². The molecule has 1 aromatic carbocycles. The summed E-state index contributed by atoms with van der Waals surface area (Å²) in [6.07, 6.45) is 0.231. The highest BCUT2D eigenvalue weighted by atomic mass is 19.1. The van der Waals surface area contributed by atoms with Crippen molar-refractivity contribution in [1.82, 2.24) is 4.98 Å². The van der Waals surface area contributed by atoms with Crippen LogP contribution in [0.15, 0.2) is 36.5 Å². The molecule has 1 aromatic heterocycles. The molecule has 0 saturated carbocycles. The highest BCUT2D eigenvalue weighted by molar-refractivity contribution is 5.27. The average Bonchev–Trinajstić information content (AvgIpc) is 2.29. The standard InChI is InChI=1S/C13H11FNO/c1-9-3-2-4-10(7-9)13(16)12-6-5-11(14)8-15-12/h2-6,8,13,16H,1H3. The molecule has 16 heavy (non-hydrogen) atoms. The van der Waals surface area contributed by atoms with Gasteiger partial charge < -0.3 is 5.11 Å². The number of aryl methyl sites for hydroxylation is 1. The number of aliphatic hydroxyl groups excluding tert-OH is 1. The fourth-order valence-corrected chi connectivity index (χ4v) is 1.47. The monoisotopic (exact) mass is 216 g/mol. The quantitative estimate of drug-likeness (QED) is 0.836. The van der Waals surface area contributed by atoms with Crippen LogP contribution in [0.25, 0.3) is 0 Å². The Balaban J connectivity index is 2.31. The van der Waals surface area contributed by atoms with Crippen molar-refractivity contribution < 1.29 is 9.50 Å². The molecule has 2 aromatic rings. The summed E-state index contributed by atoms with van der Waals surface area (Å²) in [5, 5.41) is 9.99. The number of rotatable bonds is 2. The summed E-state index contributed by atoms with van der Waals surface area (Å²) in [5.74, 6) is -0.413. The molecule has 0 fully saturated rings. The van der Waals surface area contributed by atoms with E-state index in [1.165, 1.54) is 12.1 Å². The number of nitrogens with zero attached hydrogens (tertiary/aromatic N) is 1. The van der Waals surface area contributed by atoms with Crippen LogP contribution in [0.4, 0.5) is 4.39 Å². The first kappa shape index (κ1) is 10.8. The molecule has 2 nitrogen and oxygen atoms in total. The molecule has 1 unspecified atom stereocenters. The third-order valence-electron chi connectivity index (χ3n) is 2.29. The maximum Gasteiger partial charge on any atom is 0.141 e. The number of benzene rings is 1. The van der Waals surface area contributed by atoms with E-state index in [1.54, 1.807) is 6.07 Å². The second kappa shape index (κ2) is 4.41. The minimum atomic E-state index is -0.861. The van der Waals surface area contributed by atoms with E-state index in [9.17, 15) is 9.50 Å². The number of hydrogen-bond donors (Lipinski definition) is 1. The van der Waals surface area contributed by atoms with Gasteiger partial charge in [0.2, 0.25) is 0 Å². The first-order valence-electron chi connectivity index (χ1n) is 4.95. The summed E-state index contributed by atoms with van der Waals surface area (Å²) in [6.45, 7) is 1.90. The van der Waals surface area contributed by atoms with Gasteiger partial charge in [0.25, 0.3) is 0 Å². The summed E-state index contributed by atoms with van der Waals surface area (Å²) in [5.41, 5.74) is 2.00. The van der Waals surface area contributed by atoms with Crippen molar-refractivity contribution in [2.75, 3.05) is 0 Å². The molecule has 0 spiro atoms. The lowest BCUT2D eigenvalue weighted by Crippen LogP contribution is -2.02. The molecule has 1 heterocycles. The predicted molar refractivity (Wildman–Crippen MR) is 58.3 cm³/mol. The SMILES string of the molecule is Cc1[c]c(C(O)c2ccc(F)cn2)ccc1. The smallest absolute Gasteiger partial charge is 0.141 e. The largest absolute Gasteiger partial charge is 0.382 e. The van der Waals surface area contributed by atoms with E-state index in [4.69, 9.17) is 0 Å². The zero-order valence-electron chi connectivity index (χ0n) is 8.81. The van der Waals surface area contributed by atoms with Gasteiger partial charge in [-0.3, -0.25) is 4.98 Å². The number of aliphatic hydroxyl groups is 1. The molecule has 0 aliphatic rings. The van der Waals surface area contributed by atoms with Gasteiger partial charge in [-0.2, -0.15) is 0 Å². The maximum atomic E-state index is 12.7. The Kier molecular flexibility index (Phi) is 2.97. The molecule has 0 aliphatic carbocycles. The minimum absolute atomic E-state index is 0.413. The van der Waals surface area contributed by atoms with E-state index >= 15 is 0 Å². The van der Waals surface area contributed by atoms with E-state index in [1.807, 2.05) is 19.1 Å². The molecule has 0 aliphatic heterocycles. The normalized spacial score (nSPS) is 12.4. The average molecular weight is 216 g/mol. The van der Waals surface area contributed by atoms with Crippen molar-refractivity contribution in [2.24, 2.45) is 0 Å². The molecule has 0 saturated heterocycles. The number of halogens is 1. The minimum Gasteiger partial charge on any atom is -0.382 e. The van der Waals surface area contributed by atoms with E-state index in [2.05, 4.69) is 11.1 Å². The first-order valence-corrected chi connectivity index (χ1v) is 4.95. The summed E-state index contributed by atoms with van der Waals surface area (Å²) < 4.78 is 12.7. The van der Waals surface area contributed by atoms with E-state index < -0.39 is 11.9 Å². The molecular formula is C13H11FNO. The fourth-order valence-electron chi connectivity index (χ4n) is 1.47. The third-order valence-corrected chi connectivity index (χ3v) is 2.29. The maximum absolute atomic E-state index is 12.7. The van der Waals surface area contributed by atoms with E-state index in [-0.39, 0.29) is 0 Å². The Hall–Kier alpha value is -1.74. The number of hydrogen-bond acceptors (Lipinski definition) is 2. The van der Waals surface area contributed by atoms with Crippen LogP contribution in [0.5, 0.6) is 0 Å². The van der Waals surface area contributed by atoms with E-state index in [0.717, 1.165) is 11.8 Å². The van der Waals surface area contributed by atoms with Gasteiger partial charge in [0.1, 0.15) is 11.9 Å². The van der Waals surface area contributed by atoms with Crippen molar-refractivity contribution in [3.05, 3.63) is 65.2 Å². The lowest BCUT2D eigenvalue weighted by Gasteiger charge is -2.10. The van der Waals surface area contributed by atoms with Crippen LogP contribution >= 0.6 is 0 Å². The van der Waals surface area contributed by atoms with Gasteiger partial charge in [-0.1, -0.05) is 18.2 Å². The van der Waals surface area contributed by atoms with Crippen LogP contribution in [0.2, 0.25) is 0 Å². The van der Waals surface area contributed by atoms with Gasteiger partial charge >= 0.3 is 0 Å². The Morgan fingerprint density at radius 1 is 1.31 bits per heavy atom. The Bertz CT molecular complexity index is 482. The van der Waals surface area contributed by atoms with Crippen molar-refractivity contribution in [1.29, 1.82) is 0 Å². The molecule has 0 amide bonds. The Morgan fingerprint density at radius 3 is 2.75 bits per heavy atom. The zero-order valence-corrected chi connectivity index (χ0v) is 8.81. The van der Waals surface area contributed by atoms with Gasteiger partial charge in [0, 0.05) is 0 Å². The summed E-state index contributed by atoms with van der Waals surface area (Å²) in [6, 6.07) is 11.3. The van der Waals surface area contributed by atoms with Gasteiger partial charge in [-0.05, 0) is 36.2 Å². The molecule has 0 bridgehead atoms. The summed E-state index contributed by atoms with van der Waals surface area (Å²) >= 11 is 0. The van der Waals surface area contributed by atoms with Gasteiger partial charge in [-0.15, -0.1) is 0 Å².